The van der Waals surface area contributed by atoms with Crippen LogP contribution in [0.5, 0.6) is 0 Å². The number of carbonyl (C=O) groups is 2. The van der Waals surface area contributed by atoms with Gasteiger partial charge in [0, 0.05) is 45.1 Å². The van der Waals surface area contributed by atoms with E-state index in [1.807, 2.05) is 23.1 Å². The molecule has 22 heavy (non-hydrogen) atoms. The number of nitrogens with two attached hydrogens (primary N) is 1. The van der Waals surface area contributed by atoms with Crippen molar-refractivity contribution >= 4 is 24.2 Å². The minimum absolute atomic E-state index is 0. The Morgan fingerprint density at radius 2 is 1.86 bits per heavy atom. The highest BCUT2D eigenvalue weighted by Gasteiger charge is 2.39. The molecular formula is C16H22ClN3O2. The fourth-order valence-corrected chi connectivity index (χ4v) is 3.35. The van der Waals surface area contributed by atoms with E-state index < -0.39 is 0 Å². The summed E-state index contributed by atoms with van der Waals surface area (Å²) < 4.78 is 0. The predicted octanol–water partition coefficient (Wildman–Crippen LogP) is 0.840. The molecule has 120 valence electrons. The zero-order valence-corrected chi connectivity index (χ0v) is 13.5. The van der Waals surface area contributed by atoms with Crippen molar-refractivity contribution < 1.29 is 9.59 Å². The molecule has 0 aliphatic carbocycles. The smallest absolute Gasteiger partial charge is 0.228 e. The maximum absolute atomic E-state index is 12.6. The van der Waals surface area contributed by atoms with Gasteiger partial charge in [-0.2, -0.15) is 0 Å². The molecule has 2 fully saturated rings. The zero-order valence-electron chi connectivity index (χ0n) is 12.6. The van der Waals surface area contributed by atoms with Gasteiger partial charge in [0.25, 0.3) is 0 Å². The number of likely N-dealkylation sites (tertiary alicyclic amines) is 2. The Labute approximate surface area is 136 Å². The standard InChI is InChI=1S/C16H21N3O2.ClH/c1-18-8-12(7-15(18)20)16(21)19-9-13(14(17)10-19)11-5-3-2-4-6-11;/h2-6,12-14H,7-10,17H2,1H3;1H/t12?,13-,14+;/m0./s1. The molecule has 1 aromatic carbocycles. The van der Waals surface area contributed by atoms with Crippen molar-refractivity contribution in [3.63, 3.8) is 0 Å². The van der Waals surface area contributed by atoms with E-state index in [0.29, 0.717) is 26.1 Å². The molecule has 2 heterocycles. The lowest BCUT2D eigenvalue weighted by atomic mass is 9.95. The van der Waals surface area contributed by atoms with Gasteiger partial charge in [-0.05, 0) is 5.56 Å². The Hall–Kier alpha value is -1.59. The Bertz CT molecular complexity index is 552. The Balaban J connectivity index is 0.00000176. The Morgan fingerprint density at radius 1 is 1.18 bits per heavy atom. The van der Waals surface area contributed by atoms with Crippen LogP contribution in [-0.4, -0.2) is 54.3 Å². The highest BCUT2D eigenvalue weighted by atomic mass is 35.5. The van der Waals surface area contributed by atoms with E-state index in [1.165, 1.54) is 5.56 Å². The maximum Gasteiger partial charge on any atom is 0.228 e. The van der Waals surface area contributed by atoms with Crippen molar-refractivity contribution in [2.24, 2.45) is 11.7 Å². The third-order valence-corrected chi connectivity index (χ3v) is 4.59. The van der Waals surface area contributed by atoms with Gasteiger partial charge in [0.05, 0.1) is 5.92 Å². The molecule has 2 amide bonds. The summed E-state index contributed by atoms with van der Waals surface area (Å²) in [7, 11) is 1.75. The normalized spacial score (nSPS) is 27.9. The SMILES string of the molecule is CN1CC(C(=O)N2C[C@@H](N)[C@H](c3ccccc3)C2)CC1=O.Cl. The molecule has 5 nitrogen and oxygen atoms in total. The first kappa shape index (κ1) is 16.8. The van der Waals surface area contributed by atoms with Gasteiger partial charge in [0.1, 0.15) is 0 Å². The van der Waals surface area contributed by atoms with E-state index >= 15 is 0 Å². The van der Waals surface area contributed by atoms with Crippen molar-refractivity contribution in [1.29, 1.82) is 0 Å². The van der Waals surface area contributed by atoms with Crippen LogP contribution < -0.4 is 5.73 Å². The topological polar surface area (TPSA) is 66.6 Å². The second kappa shape index (κ2) is 6.67. The lowest BCUT2D eigenvalue weighted by Crippen LogP contribution is -2.37. The van der Waals surface area contributed by atoms with Crippen LogP contribution in [0.3, 0.4) is 0 Å². The summed E-state index contributed by atoms with van der Waals surface area (Å²) in [4.78, 5) is 27.6. The van der Waals surface area contributed by atoms with Crippen LogP contribution in [-0.2, 0) is 9.59 Å². The van der Waals surface area contributed by atoms with Crippen molar-refractivity contribution in [2.45, 2.75) is 18.4 Å². The van der Waals surface area contributed by atoms with Gasteiger partial charge < -0.3 is 15.5 Å². The first-order chi connectivity index (χ1) is 10.1. The van der Waals surface area contributed by atoms with Gasteiger partial charge in [0.2, 0.25) is 11.8 Å². The molecule has 0 spiro atoms. The van der Waals surface area contributed by atoms with Crippen LogP contribution in [0.2, 0.25) is 0 Å². The molecule has 0 aromatic heterocycles. The minimum Gasteiger partial charge on any atom is -0.345 e. The van der Waals surface area contributed by atoms with Gasteiger partial charge >= 0.3 is 0 Å². The van der Waals surface area contributed by atoms with E-state index in [9.17, 15) is 9.59 Å². The summed E-state index contributed by atoms with van der Waals surface area (Å²) >= 11 is 0. The van der Waals surface area contributed by atoms with Crippen LogP contribution >= 0.6 is 12.4 Å². The minimum atomic E-state index is -0.204. The molecule has 2 aliphatic heterocycles. The molecule has 6 heteroatoms. The zero-order chi connectivity index (χ0) is 15.0. The average molecular weight is 324 g/mol. The number of nitrogens with zero attached hydrogens (tertiary/aromatic N) is 2. The van der Waals surface area contributed by atoms with E-state index in [1.54, 1.807) is 11.9 Å². The lowest BCUT2D eigenvalue weighted by Gasteiger charge is -2.20. The van der Waals surface area contributed by atoms with E-state index in [0.717, 1.165) is 0 Å². The highest BCUT2D eigenvalue weighted by molar-refractivity contribution is 5.89. The largest absolute Gasteiger partial charge is 0.345 e. The monoisotopic (exact) mass is 323 g/mol. The molecule has 0 saturated carbocycles. The van der Waals surface area contributed by atoms with E-state index in [4.69, 9.17) is 5.73 Å². The summed E-state index contributed by atoms with van der Waals surface area (Å²) in [5, 5.41) is 0. The van der Waals surface area contributed by atoms with Crippen molar-refractivity contribution in [2.75, 3.05) is 26.7 Å². The second-order valence-electron chi connectivity index (χ2n) is 6.10. The van der Waals surface area contributed by atoms with Crippen LogP contribution in [0, 0.1) is 5.92 Å². The number of hydrogen-bond acceptors (Lipinski definition) is 3. The molecule has 2 saturated heterocycles. The van der Waals surface area contributed by atoms with Gasteiger partial charge in [-0.15, -0.1) is 12.4 Å². The summed E-state index contributed by atoms with van der Waals surface area (Å²) in [5.41, 5.74) is 7.40. The molecule has 0 radical (unpaired) electrons. The van der Waals surface area contributed by atoms with E-state index in [2.05, 4.69) is 12.1 Å². The fraction of sp³-hybridized carbons (Fsp3) is 0.500. The van der Waals surface area contributed by atoms with Crippen LogP contribution in [0.4, 0.5) is 0 Å². The van der Waals surface area contributed by atoms with Gasteiger partial charge in [-0.25, -0.2) is 0 Å². The lowest BCUT2D eigenvalue weighted by molar-refractivity contribution is -0.134. The van der Waals surface area contributed by atoms with E-state index in [-0.39, 0.29) is 42.1 Å². The summed E-state index contributed by atoms with van der Waals surface area (Å²) in [5.74, 6) is 0.104. The summed E-state index contributed by atoms with van der Waals surface area (Å²) in [6, 6.07) is 10.1. The third-order valence-electron chi connectivity index (χ3n) is 4.59. The Kier molecular flexibility index (Phi) is 5.08. The molecule has 1 aromatic rings. The molecule has 2 aliphatic rings. The molecule has 1 unspecified atom stereocenters. The summed E-state index contributed by atoms with van der Waals surface area (Å²) in [6.07, 6.45) is 0.330. The number of halogens is 1. The van der Waals surface area contributed by atoms with Crippen molar-refractivity contribution in [1.82, 2.24) is 9.80 Å². The van der Waals surface area contributed by atoms with Crippen LogP contribution in [0.15, 0.2) is 30.3 Å². The highest BCUT2D eigenvalue weighted by Crippen LogP contribution is 2.29. The molecule has 3 atom stereocenters. The van der Waals surface area contributed by atoms with Gasteiger partial charge in [-0.1, -0.05) is 30.3 Å². The molecule has 0 bridgehead atoms. The molecule has 2 N–H and O–H groups in total. The third kappa shape index (κ3) is 3.10. The molecule has 3 rings (SSSR count). The number of carbonyl (C=O) groups excluding carboxylic acids is 2. The molecular weight excluding hydrogens is 302 g/mol. The van der Waals surface area contributed by atoms with Crippen LogP contribution in [0.1, 0.15) is 17.9 Å². The Morgan fingerprint density at radius 3 is 2.45 bits per heavy atom. The number of amides is 2. The predicted molar refractivity (Wildman–Crippen MR) is 86.7 cm³/mol. The maximum atomic E-state index is 12.6. The number of benzene rings is 1. The quantitative estimate of drug-likeness (QED) is 0.877. The number of hydrogen-bond donors (Lipinski definition) is 1. The van der Waals surface area contributed by atoms with Crippen molar-refractivity contribution in [3.8, 4) is 0 Å². The fourth-order valence-electron chi connectivity index (χ4n) is 3.35. The first-order valence-electron chi connectivity index (χ1n) is 7.39. The first-order valence-corrected chi connectivity index (χ1v) is 7.39. The van der Waals surface area contributed by atoms with Gasteiger partial charge in [0.15, 0.2) is 0 Å². The summed E-state index contributed by atoms with van der Waals surface area (Å²) in [6.45, 7) is 1.75. The van der Waals surface area contributed by atoms with Crippen molar-refractivity contribution in [3.05, 3.63) is 35.9 Å². The second-order valence-corrected chi connectivity index (χ2v) is 6.10. The average Bonchev–Trinajstić information content (AvgIpc) is 3.03. The van der Waals surface area contributed by atoms with Crippen LogP contribution in [0.25, 0.3) is 0 Å². The van der Waals surface area contributed by atoms with Gasteiger partial charge in [-0.3, -0.25) is 9.59 Å². The number of rotatable bonds is 2.